The molecule has 1 N–H and O–H groups in total. The summed E-state index contributed by atoms with van der Waals surface area (Å²) >= 11 is 0.574. The van der Waals surface area contributed by atoms with E-state index in [-0.39, 0.29) is 19.5 Å². The zero-order chi connectivity index (χ0) is 14.8. The van der Waals surface area contributed by atoms with Crippen LogP contribution in [0.1, 0.15) is 24.0 Å². The summed E-state index contributed by atoms with van der Waals surface area (Å²) in [6.07, 6.45) is 0. The summed E-state index contributed by atoms with van der Waals surface area (Å²) in [5, 5.41) is 27.5. The van der Waals surface area contributed by atoms with Crippen LogP contribution in [-0.4, -0.2) is 5.11 Å². The zero-order valence-electron chi connectivity index (χ0n) is 11.7. The minimum absolute atomic E-state index is 0. The van der Waals surface area contributed by atoms with Crippen molar-refractivity contribution in [1.29, 1.82) is 10.5 Å². The molecule has 0 saturated carbocycles. The molecule has 0 aliphatic heterocycles. The standard InChI is InChI=1S/C14H14O.C2N2S.Zn/c1-11(12-5-3-2-4-6-12)13-7-9-14(15)10-8-13;3-1-5-2-4;/h2-11,15H,1H3;;. The van der Waals surface area contributed by atoms with Gasteiger partial charge >= 0.3 is 0 Å². The van der Waals surface area contributed by atoms with Gasteiger partial charge in [-0.3, -0.25) is 0 Å². The molecule has 21 heavy (non-hydrogen) atoms. The smallest absolute Gasteiger partial charge is 0.149 e. The van der Waals surface area contributed by atoms with Crippen LogP contribution >= 0.6 is 11.8 Å². The minimum atomic E-state index is 0. The van der Waals surface area contributed by atoms with E-state index in [1.54, 1.807) is 22.9 Å². The van der Waals surface area contributed by atoms with Crippen molar-refractivity contribution in [2.75, 3.05) is 0 Å². The third-order valence-electron chi connectivity index (χ3n) is 2.78. The van der Waals surface area contributed by atoms with Crippen LogP contribution in [-0.2, 0) is 19.5 Å². The van der Waals surface area contributed by atoms with Crippen molar-refractivity contribution in [1.82, 2.24) is 0 Å². The van der Waals surface area contributed by atoms with E-state index in [9.17, 15) is 5.11 Å². The van der Waals surface area contributed by atoms with Crippen molar-refractivity contribution in [2.24, 2.45) is 0 Å². The molecule has 0 fully saturated rings. The molecule has 2 rings (SSSR count). The maximum Gasteiger partial charge on any atom is 0.149 e. The number of hydrogen-bond acceptors (Lipinski definition) is 4. The van der Waals surface area contributed by atoms with Gasteiger partial charge in [-0.15, -0.1) is 0 Å². The van der Waals surface area contributed by atoms with Gasteiger partial charge in [0.05, 0.1) is 11.8 Å². The van der Waals surface area contributed by atoms with Gasteiger partial charge in [0.15, 0.2) is 0 Å². The number of phenolic OH excluding ortho intramolecular Hbond substituents is 1. The Bertz CT molecular complexity index is 591. The van der Waals surface area contributed by atoms with Crippen LogP contribution < -0.4 is 0 Å². The van der Waals surface area contributed by atoms with Gasteiger partial charge < -0.3 is 5.11 Å². The van der Waals surface area contributed by atoms with Crippen LogP contribution in [0.5, 0.6) is 5.75 Å². The molecular formula is C16H14N2OSZn. The fraction of sp³-hybridized carbons (Fsp3) is 0.125. The first kappa shape index (κ1) is 19.2. The molecule has 0 radical (unpaired) electrons. The molecule has 0 bridgehead atoms. The van der Waals surface area contributed by atoms with Gasteiger partial charge in [0, 0.05) is 25.4 Å². The van der Waals surface area contributed by atoms with Crippen molar-refractivity contribution >= 4 is 11.8 Å². The fourth-order valence-corrected chi connectivity index (χ4v) is 1.76. The van der Waals surface area contributed by atoms with E-state index in [0.717, 1.165) is 0 Å². The van der Waals surface area contributed by atoms with Crippen LogP contribution in [0, 0.1) is 21.3 Å². The minimum Gasteiger partial charge on any atom is -0.508 e. The summed E-state index contributed by atoms with van der Waals surface area (Å²) in [7, 11) is 0. The number of nitriles is 2. The van der Waals surface area contributed by atoms with Crippen molar-refractivity contribution in [2.45, 2.75) is 12.8 Å². The molecule has 0 saturated heterocycles. The molecule has 1 atom stereocenters. The Balaban J connectivity index is 0.000000583. The molecule has 1 unspecified atom stereocenters. The van der Waals surface area contributed by atoms with Crippen LogP contribution in [0.15, 0.2) is 54.6 Å². The first-order valence-corrected chi connectivity index (χ1v) is 6.78. The van der Waals surface area contributed by atoms with Gasteiger partial charge in [-0.25, -0.2) is 0 Å². The largest absolute Gasteiger partial charge is 0.508 e. The molecule has 0 amide bonds. The number of rotatable bonds is 2. The summed E-state index contributed by atoms with van der Waals surface area (Å²) in [5.74, 6) is 0.686. The van der Waals surface area contributed by atoms with E-state index in [4.69, 9.17) is 10.5 Å². The Morgan fingerprint density at radius 3 is 1.81 bits per heavy atom. The predicted octanol–water partition coefficient (Wildman–Crippen LogP) is 4.22. The zero-order valence-corrected chi connectivity index (χ0v) is 15.5. The van der Waals surface area contributed by atoms with Gasteiger partial charge in [0.2, 0.25) is 0 Å². The van der Waals surface area contributed by atoms with Crippen molar-refractivity contribution in [3.63, 3.8) is 0 Å². The first-order valence-electron chi connectivity index (χ1n) is 5.97. The van der Waals surface area contributed by atoms with Gasteiger partial charge in [-0.2, -0.15) is 10.5 Å². The van der Waals surface area contributed by atoms with Gasteiger partial charge in [-0.1, -0.05) is 49.4 Å². The molecule has 0 aliphatic carbocycles. The molecule has 3 nitrogen and oxygen atoms in total. The number of hydrogen-bond donors (Lipinski definition) is 1. The maximum atomic E-state index is 9.21. The van der Waals surface area contributed by atoms with Crippen LogP contribution in [0.4, 0.5) is 0 Å². The van der Waals surface area contributed by atoms with E-state index < -0.39 is 0 Å². The first-order chi connectivity index (χ1) is 9.69. The molecule has 5 heteroatoms. The summed E-state index contributed by atoms with van der Waals surface area (Å²) in [4.78, 5) is 0. The average Bonchev–Trinajstić information content (AvgIpc) is 2.50. The van der Waals surface area contributed by atoms with Gasteiger partial charge in [0.25, 0.3) is 0 Å². The SMILES string of the molecule is CC(c1ccccc1)c1ccc(O)cc1.N#CSC#N.[Zn]. The molecule has 2 aromatic rings. The quantitative estimate of drug-likeness (QED) is 0.652. The summed E-state index contributed by atoms with van der Waals surface area (Å²) in [5.41, 5.74) is 2.52. The molecule has 2 aromatic carbocycles. The second kappa shape index (κ2) is 10.9. The number of phenols is 1. The van der Waals surface area contributed by atoms with E-state index in [1.807, 2.05) is 30.3 Å². The van der Waals surface area contributed by atoms with E-state index in [1.165, 1.54) is 11.1 Å². The molecular weight excluding hydrogens is 334 g/mol. The van der Waals surface area contributed by atoms with E-state index in [0.29, 0.717) is 23.4 Å². The Hall–Kier alpha value is -1.81. The Morgan fingerprint density at radius 1 is 0.905 bits per heavy atom. The van der Waals surface area contributed by atoms with Crippen molar-refractivity contribution < 1.29 is 24.6 Å². The summed E-state index contributed by atoms with van der Waals surface area (Å²) < 4.78 is 0. The van der Waals surface area contributed by atoms with E-state index in [2.05, 4.69) is 19.1 Å². The predicted molar refractivity (Wildman–Crippen MR) is 80.9 cm³/mol. The Kier molecular flexibility index (Phi) is 9.98. The monoisotopic (exact) mass is 346 g/mol. The van der Waals surface area contributed by atoms with Crippen LogP contribution in [0.25, 0.3) is 0 Å². The number of benzene rings is 2. The van der Waals surface area contributed by atoms with Crippen LogP contribution in [0.3, 0.4) is 0 Å². The van der Waals surface area contributed by atoms with E-state index >= 15 is 0 Å². The number of aromatic hydroxyl groups is 1. The van der Waals surface area contributed by atoms with Crippen molar-refractivity contribution in [3.8, 4) is 16.6 Å². The Morgan fingerprint density at radius 2 is 1.38 bits per heavy atom. The molecule has 0 heterocycles. The number of thiocyanates is 2. The Labute approximate surface area is 142 Å². The number of thioether (sulfide) groups is 1. The molecule has 0 aliphatic rings. The second-order valence-electron chi connectivity index (χ2n) is 4.01. The third-order valence-corrected chi connectivity index (χ3v) is 2.97. The van der Waals surface area contributed by atoms with Crippen LogP contribution in [0.2, 0.25) is 0 Å². The van der Waals surface area contributed by atoms with Crippen molar-refractivity contribution in [3.05, 3.63) is 65.7 Å². The summed E-state index contributed by atoms with van der Waals surface area (Å²) in [6.45, 7) is 2.17. The average molecular weight is 348 g/mol. The number of nitrogens with zero attached hydrogens (tertiary/aromatic N) is 2. The second-order valence-corrected chi connectivity index (χ2v) is 4.58. The molecule has 0 aromatic heterocycles. The molecule has 102 valence electrons. The third kappa shape index (κ3) is 6.95. The molecule has 0 spiro atoms. The summed E-state index contributed by atoms with van der Waals surface area (Å²) in [6, 6.07) is 17.8. The van der Waals surface area contributed by atoms with Gasteiger partial charge in [-0.05, 0) is 23.3 Å². The van der Waals surface area contributed by atoms with Gasteiger partial charge in [0.1, 0.15) is 16.6 Å². The topological polar surface area (TPSA) is 67.8 Å². The fourth-order valence-electron chi connectivity index (χ4n) is 1.72. The normalized spacial score (nSPS) is 9.86. The maximum absolute atomic E-state index is 9.21.